The normalized spacial score (nSPS) is 14.1. The van der Waals surface area contributed by atoms with Gasteiger partial charge in [0.1, 0.15) is 0 Å². The van der Waals surface area contributed by atoms with Crippen LogP contribution in [0.3, 0.4) is 0 Å². The van der Waals surface area contributed by atoms with Crippen molar-refractivity contribution in [2.45, 2.75) is 24.8 Å². The molecule has 0 spiro atoms. The Balaban J connectivity index is 2.63. The molecular weight excluding hydrogens is 254 g/mol. The molecule has 2 atom stereocenters. The van der Waals surface area contributed by atoms with Crippen molar-refractivity contribution in [2.24, 2.45) is 5.92 Å². The number of hydrogen-bond donors (Lipinski definition) is 1. The molecule has 0 saturated heterocycles. The standard InChI is InChI=1S/C13H18ClNOS/c1-9(8-14)13(16)15-10(2)11-4-6-12(17-3)7-5-11/h4-7,9-10H,8H2,1-3H3,(H,15,16). The molecule has 2 nitrogen and oxygen atoms in total. The third-order valence-electron chi connectivity index (χ3n) is 2.65. The summed E-state index contributed by atoms with van der Waals surface area (Å²) in [4.78, 5) is 12.9. The lowest BCUT2D eigenvalue weighted by molar-refractivity contribution is -0.124. The molecule has 0 aliphatic rings. The van der Waals surface area contributed by atoms with E-state index in [2.05, 4.69) is 17.4 Å². The lowest BCUT2D eigenvalue weighted by Crippen LogP contribution is -2.32. The van der Waals surface area contributed by atoms with E-state index in [1.54, 1.807) is 11.8 Å². The van der Waals surface area contributed by atoms with Crippen LogP contribution < -0.4 is 5.32 Å². The summed E-state index contributed by atoms with van der Waals surface area (Å²) in [6.07, 6.45) is 2.04. The molecule has 1 aromatic rings. The molecule has 0 aromatic heterocycles. The van der Waals surface area contributed by atoms with Crippen molar-refractivity contribution in [2.75, 3.05) is 12.1 Å². The van der Waals surface area contributed by atoms with Gasteiger partial charge < -0.3 is 5.32 Å². The van der Waals surface area contributed by atoms with E-state index in [1.807, 2.05) is 32.2 Å². The molecule has 0 bridgehead atoms. The van der Waals surface area contributed by atoms with Gasteiger partial charge >= 0.3 is 0 Å². The zero-order valence-electron chi connectivity index (χ0n) is 10.4. The number of nitrogens with one attached hydrogen (secondary N) is 1. The first-order valence-corrected chi connectivity index (χ1v) is 7.34. The van der Waals surface area contributed by atoms with Gasteiger partial charge in [0.15, 0.2) is 0 Å². The Morgan fingerprint density at radius 3 is 2.41 bits per heavy atom. The summed E-state index contributed by atoms with van der Waals surface area (Å²) >= 11 is 7.36. The van der Waals surface area contributed by atoms with Crippen LogP contribution in [0, 0.1) is 5.92 Å². The maximum absolute atomic E-state index is 11.7. The minimum absolute atomic E-state index is 0.00134. The average Bonchev–Trinajstić information content (AvgIpc) is 2.37. The Kier molecular flexibility index (Phi) is 5.86. The van der Waals surface area contributed by atoms with Crippen LogP contribution >= 0.6 is 23.4 Å². The molecule has 1 aromatic carbocycles. The van der Waals surface area contributed by atoms with Crippen LogP contribution in [0.2, 0.25) is 0 Å². The molecule has 94 valence electrons. The number of hydrogen-bond acceptors (Lipinski definition) is 2. The van der Waals surface area contributed by atoms with Gasteiger partial charge in [-0.2, -0.15) is 0 Å². The van der Waals surface area contributed by atoms with Gasteiger partial charge in [-0.25, -0.2) is 0 Å². The van der Waals surface area contributed by atoms with Crippen LogP contribution in [-0.4, -0.2) is 18.0 Å². The van der Waals surface area contributed by atoms with E-state index in [0.717, 1.165) is 5.56 Å². The van der Waals surface area contributed by atoms with E-state index >= 15 is 0 Å². The highest BCUT2D eigenvalue weighted by Gasteiger charge is 2.14. The highest BCUT2D eigenvalue weighted by molar-refractivity contribution is 7.98. The van der Waals surface area contributed by atoms with Crippen molar-refractivity contribution < 1.29 is 4.79 Å². The smallest absolute Gasteiger partial charge is 0.224 e. The third-order valence-corrected chi connectivity index (χ3v) is 3.86. The second-order valence-corrected chi connectivity index (χ2v) is 5.25. The van der Waals surface area contributed by atoms with Gasteiger partial charge in [0, 0.05) is 16.7 Å². The van der Waals surface area contributed by atoms with Gasteiger partial charge in [0.05, 0.1) is 6.04 Å². The molecule has 0 heterocycles. The first kappa shape index (κ1) is 14.4. The first-order chi connectivity index (χ1) is 8.08. The summed E-state index contributed by atoms with van der Waals surface area (Å²) in [5.74, 6) is 0.204. The van der Waals surface area contributed by atoms with Crippen LogP contribution in [0.25, 0.3) is 0 Å². The Morgan fingerprint density at radius 1 is 1.35 bits per heavy atom. The Morgan fingerprint density at radius 2 is 1.94 bits per heavy atom. The van der Waals surface area contributed by atoms with E-state index in [-0.39, 0.29) is 17.9 Å². The summed E-state index contributed by atoms with van der Waals surface area (Å²) in [7, 11) is 0. The molecule has 0 saturated carbocycles. The second-order valence-electron chi connectivity index (χ2n) is 4.06. The third kappa shape index (κ3) is 4.25. The van der Waals surface area contributed by atoms with Crippen molar-refractivity contribution in [3.63, 3.8) is 0 Å². The van der Waals surface area contributed by atoms with Crippen molar-refractivity contribution in [3.05, 3.63) is 29.8 Å². The van der Waals surface area contributed by atoms with Gasteiger partial charge in [-0.1, -0.05) is 19.1 Å². The summed E-state index contributed by atoms with van der Waals surface area (Å²) in [5, 5.41) is 2.95. The van der Waals surface area contributed by atoms with Crippen molar-refractivity contribution in [3.8, 4) is 0 Å². The number of carbonyl (C=O) groups is 1. The van der Waals surface area contributed by atoms with Crippen molar-refractivity contribution >= 4 is 29.3 Å². The SMILES string of the molecule is CSc1ccc(C(C)NC(=O)C(C)CCl)cc1. The van der Waals surface area contributed by atoms with Crippen molar-refractivity contribution in [1.29, 1.82) is 0 Å². The highest BCUT2D eigenvalue weighted by Crippen LogP contribution is 2.19. The zero-order chi connectivity index (χ0) is 12.8. The van der Waals surface area contributed by atoms with Crippen LogP contribution in [0.1, 0.15) is 25.5 Å². The lowest BCUT2D eigenvalue weighted by atomic mass is 10.1. The van der Waals surface area contributed by atoms with Crippen LogP contribution in [0.5, 0.6) is 0 Å². The molecule has 1 amide bonds. The number of alkyl halides is 1. The Hall–Kier alpha value is -0.670. The maximum atomic E-state index is 11.7. The second kappa shape index (κ2) is 6.92. The summed E-state index contributed by atoms with van der Waals surface area (Å²) < 4.78 is 0. The van der Waals surface area contributed by atoms with E-state index in [0.29, 0.717) is 5.88 Å². The summed E-state index contributed by atoms with van der Waals surface area (Å²) in [6, 6.07) is 8.23. The van der Waals surface area contributed by atoms with E-state index in [1.165, 1.54) is 4.90 Å². The van der Waals surface area contributed by atoms with Crippen molar-refractivity contribution in [1.82, 2.24) is 5.32 Å². The predicted octanol–water partition coefficient (Wildman–Crippen LogP) is 3.46. The van der Waals surface area contributed by atoms with E-state index < -0.39 is 0 Å². The average molecular weight is 272 g/mol. The van der Waals surface area contributed by atoms with Crippen LogP contribution in [0.15, 0.2) is 29.2 Å². The molecule has 0 radical (unpaired) electrons. The minimum atomic E-state index is -0.149. The molecule has 4 heteroatoms. The lowest BCUT2D eigenvalue weighted by Gasteiger charge is -2.17. The van der Waals surface area contributed by atoms with Crippen LogP contribution in [0.4, 0.5) is 0 Å². The number of benzene rings is 1. The quantitative estimate of drug-likeness (QED) is 0.656. The summed E-state index contributed by atoms with van der Waals surface area (Å²) in [6.45, 7) is 3.80. The molecule has 1 N–H and O–H groups in total. The van der Waals surface area contributed by atoms with Gasteiger partial charge in [0.2, 0.25) is 5.91 Å². The monoisotopic (exact) mass is 271 g/mol. The molecular formula is C13H18ClNOS. The van der Waals surface area contributed by atoms with Crippen LogP contribution in [-0.2, 0) is 4.79 Å². The molecule has 0 aliphatic carbocycles. The highest BCUT2D eigenvalue weighted by atomic mass is 35.5. The number of rotatable bonds is 5. The molecule has 0 fully saturated rings. The minimum Gasteiger partial charge on any atom is -0.349 e. The maximum Gasteiger partial charge on any atom is 0.224 e. The molecule has 17 heavy (non-hydrogen) atoms. The molecule has 2 unspecified atom stereocenters. The predicted molar refractivity (Wildman–Crippen MR) is 74.7 cm³/mol. The fourth-order valence-corrected chi connectivity index (χ4v) is 1.95. The number of carbonyl (C=O) groups excluding carboxylic acids is 1. The first-order valence-electron chi connectivity index (χ1n) is 5.58. The molecule has 0 aliphatic heterocycles. The van der Waals surface area contributed by atoms with Gasteiger partial charge in [-0.05, 0) is 30.9 Å². The Labute approximate surface area is 112 Å². The zero-order valence-corrected chi connectivity index (χ0v) is 11.9. The fourth-order valence-electron chi connectivity index (χ4n) is 1.40. The van der Waals surface area contributed by atoms with Gasteiger partial charge in [0.25, 0.3) is 0 Å². The number of thioether (sulfide) groups is 1. The van der Waals surface area contributed by atoms with E-state index in [4.69, 9.17) is 11.6 Å². The topological polar surface area (TPSA) is 29.1 Å². The van der Waals surface area contributed by atoms with Gasteiger partial charge in [-0.15, -0.1) is 23.4 Å². The fraction of sp³-hybridized carbons (Fsp3) is 0.462. The summed E-state index contributed by atoms with van der Waals surface area (Å²) in [5.41, 5.74) is 1.11. The number of amides is 1. The van der Waals surface area contributed by atoms with Gasteiger partial charge in [-0.3, -0.25) is 4.79 Å². The van der Waals surface area contributed by atoms with E-state index in [9.17, 15) is 4.79 Å². The Bertz CT molecular complexity index is 366. The molecule has 1 rings (SSSR count). The largest absolute Gasteiger partial charge is 0.349 e. The number of halogens is 1.